The van der Waals surface area contributed by atoms with Crippen molar-refractivity contribution in [3.63, 3.8) is 0 Å². The Morgan fingerprint density at radius 3 is 3.20 bits per heavy atom. The molecule has 3 rings (SSSR count). The first-order valence-corrected chi connectivity index (χ1v) is 7.81. The SMILES string of the molecule is Cc1cccc2sc(NC(=O)CCC3CCCO3)nc12. The van der Waals surface area contributed by atoms with Gasteiger partial charge in [-0.15, -0.1) is 0 Å². The molecular weight excluding hydrogens is 272 g/mol. The van der Waals surface area contributed by atoms with Crippen molar-refractivity contribution >= 4 is 32.6 Å². The number of amides is 1. The van der Waals surface area contributed by atoms with Crippen LogP contribution in [0, 0.1) is 6.92 Å². The molecule has 0 bridgehead atoms. The summed E-state index contributed by atoms with van der Waals surface area (Å²) >= 11 is 1.52. The van der Waals surface area contributed by atoms with Crippen LogP contribution in [0.4, 0.5) is 5.13 Å². The molecule has 5 heteroatoms. The molecule has 1 fully saturated rings. The highest BCUT2D eigenvalue weighted by Gasteiger charge is 2.17. The van der Waals surface area contributed by atoms with Gasteiger partial charge >= 0.3 is 0 Å². The number of benzene rings is 1. The van der Waals surface area contributed by atoms with Crippen molar-refractivity contribution in [2.45, 2.75) is 38.7 Å². The average Bonchev–Trinajstić information content (AvgIpc) is 3.05. The fraction of sp³-hybridized carbons (Fsp3) is 0.467. The Bertz CT molecular complexity index is 617. The first kappa shape index (κ1) is 13.5. The fourth-order valence-electron chi connectivity index (χ4n) is 2.49. The van der Waals surface area contributed by atoms with Crippen molar-refractivity contribution in [3.05, 3.63) is 23.8 Å². The molecule has 1 N–H and O–H groups in total. The van der Waals surface area contributed by atoms with Gasteiger partial charge in [0.1, 0.15) is 0 Å². The van der Waals surface area contributed by atoms with Crippen LogP contribution in [0.3, 0.4) is 0 Å². The maximum absolute atomic E-state index is 11.9. The first-order chi connectivity index (χ1) is 9.72. The summed E-state index contributed by atoms with van der Waals surface area (Å²) in [4.78, 5) is 16.4. The van der Waals surface area contributed by atoms with E-state index in [2.05, 4.69) is 10.3 Å². The number of hydrogen-bond donors (Lipinski definition) is 1. The number of nitrogens with one attached hydrogen (secondary N) is 1. The van der Waals surface area contributed by atoms with Gasteiger partial charge in [0.15, 0.2) is 5.13 Å². The van der Waals surface area contributed by atoms with Crippen molar-refractivity contribution in [2.24, 2.45) is 0 Å². The van der Waals surface area contributed by atoms with Crippen LogP contribution >= 0.6 is 11.3 Å². The molecule has 0 spiro atoms. The third kappa shape index (κ3) is 2.99. The number of nitrogens with zero attached hydrogens (tertiary/aromatic N) is 1. The van der Waals surface area contributed by atoms with Crippen LogP contribution in [0.2, 0.25) is 0 Å². The normalized spacial score (nSPS) is 18.6. The van der Waals surface area contributed by atoms with E-state index in [-0.39, 0.29) is 12.0 Å². The van der Waals surface area contributed by atoms with Crippen LogP contribution in [-0.2, 0) is 9.53 Å². The monoisotopic (exact) mass is 290 g/mol. The van der Waals surface area contributed by atoms with Gasteiger partial charge in [0.2, 0.25) is 5.91 Å². The molecule has 106 valence electrons. The van der Waals surface area contributed by atoms with E-state index >= 15 is 0 Å². The predicted molar refractivity (Wildman–Crippen MR) is 81.2 cm³/mol. The molecular formula is C15H18N2O2S. The molecule has 4 nitrogen and oxygen atoms in total. The van der Waals surface area contributed by atoms with Gasteiger partial charge in [0, 0.05) is 13.0 Å². The van der Waals surface area contributed by atoms with E-state index in [1.54, 1.807) is 0 Å². The van der Waals surface area contributed by atoms with E-state index in [4.69, 9.17) is 4.74 Å². The van der Waals surface area contributed by atoms with E-state index in [1.807, 2.05) is 25.1 Å². The summed E-state index contributed by atoms with van der Waals surface area (Å²) in [5.41, 5.74) is 2.12. The van der Waals surface area contributed by atoms with Crippen LogP contribution < -0.4 is 5.32 Å². The fourth-order valence-corrected chi connectivity index (χ4v) is 3.45. The van der Waals surface area contributed by atoms with Gasteiger partial charge in [0.25, 0.3) is 0 Å². The summed E-state index contributed by atoms with van der Waals surface area (Å²) in [6.45, 7) is 2.87. The molecule has 1 aliphatic heterocycles. The maximum Gasteiger partial charge on any atom is 0.226 e. The number of ether oxygens (including phenoxy) is 1. The Kier molecular flexibility index (Phi) is 3.98. The number of carbonyl (C=O) groups is 1. The zero-order chi connectivity index (χ0) is 13.9. The summed E-state index contributed by atoms with van der Waals surface area (Å²) < 4.78 is 6.63. The molecule has 1 amide bonds. The minimum atomic E-state index is 0.0252. The quantitative estimate of drug-likeness (QED) is 0.937. The van der Waals surface area contributed by atoms with Gasteiger partial charge < -0.3 is 10.1 Å². The Labute approximate surface area is 122 Å². The molecule has 2 heterocycles. The molecule has 0 aliphatic carbocycles. The van der Waals surface area contributed by atoms with Crippen LogP contribution in [0.25, 0.3) is 10.2 Å². The smallest absolute Gasteiger partial charge is 0.226 e. The number of aryl methyl sites for hydroxylation is 1. The van der Waals surface area contributed by atoms with Crippen molar-refractivity contribution in [2.75, 3.05) is 11.9 Å². The predicted octanol–water partition coefficient (Wildman–Crippen LogP) is 3.50. The molecule has 1 saturated heterocycles. The highest BCUT2D eigenvalue weighted by Crippen LogP contribution is 2.28. The largest absolute Gasteiger partial charge is 0.378 e. The number of thiazole rings is 1. The summed E-state index contributed by atoms with van der Waals surface area (Å²) in [7, 11) is 0. The van der Waals surface area contributed by atoms with Crippen molar-refractivity contribution in [1.82, 2.24) is 4.98 Å². The second kappa shape index (κ2) is 5.89. The Hall–Kier alpha value is -1.46. The Balaban J connectivity index is 1.60. The van der Waals surface area contributed by atoms with E-state index in [0.717, 1.165) is 41.6 Å². The second-order valence-corrected chi connectivity index (χ2v) is 6.19. The van der Waals surface area contributed by atoms with Gasteiger partial charge in [-0.1, -0.05) is 23.5 Å². The molecule has 0 radical (unpaired) electrons. The van der Waals surface area contributed by atoms with Crippen LogP contribution in [0.15, 0.2) is 18.2 Å². The van der Waals surface area contributed by atoms with Gasteiger partial charge in [-0.3, -0.25) is 4.79 Å². The van der Waals surface area contributed by atoms with Gasteiger partial charge in [-0.05, 0) is 37.8 Å². The summed E-state index contributed by atoms with van der Waals surface area (Å²) in [6.07, 6.45) is 3.75. The lowest BCUT2D eigenvalue weighted by Crippen LogP contribution is -2.15. The van der Waals surface area contributed by atoms with Gasteiger partial charge in [-0.2, -0.15) is 0 Å². The molecule has 2 aromatic rings. The molecule has 20 heavy (non-hydrogen) atoms. The summed E-state index contributed by atoms with van der Waals surface area (Å²) in [5, 5.41) is 3.58. The molecule has 0 saturated carbocycles. The lowest BCUT2D eigenvalue weighted by atomic mass is 10.1. The third-order valence-electron chi connectivity index (χ3n) is 3.58. The van der Waals surface area contributed by atoms with E-state index in [0.29, 0.717) is 11.6 Å². The highest BCUT2D eigenvalue weighted by atomic mass is 32.1. The third-order valence-corrected chi connectivity index (χ3v) is 4.52. The van der Waals surface area contributed by atoms with Crippen molar-refractivity contribution < 1.29 is 9.53 Å². The van der Waals surface area contributed by atoms with Crippen molar-refractivity contribution in [1.29, 1.82) is 0 Å². The molecule has 1 aromatic carbocycles. The number of para-hydroxylation sites is 1. The minimum Gasteiger partial charge on any atom is -0.378 e. The van der Waals surface area contributed by atoms with Gasteiger partial charge in [-0.25, -0.2) is 4.98 Å². The lowest BCUT2D eigenvalue weighted by molar-refractivity contribution is -0.116. The maximum atomic E-state index is 11.9. The minimum absolute atomic E-state index is 0.0252. The van der Waals surface area contributed by atoms with Crippen LogP contribution in [-0.4, -0.2) is 23.6 Å². The number of anilines is 1. The van der Waals surface area contributed by atoms with E-state index < -0.39 is 0 Å². The van der Waals surface area contributed by atoms with E-state index in [9.17, 15) is 4.79 Å². The number of aromatic nitrogens is 1. The summed E-state index contributed by atoms with van der Waals surface area (Å²) in [6, 6.07) is 6.08. The van der Waals surface area contributed by atoms with Gasteiger partial charge in [0.05, 0.1) is 16.3 Å². The first-order valence-electron chi connectivity index (χ1n) is 7.00. The topological polar surface area (TPSA) is 51.2 Å². The molecule has 1 atom stereocenters. The standard InChI is InChI=1S/C15H18N2O2S/c1-10-4-2-6-12-14(10)17-15(20-12)16-13(18)8-7-11-5-3-9-19-11/h2,4,6,11H,3,5,7-9H2,1H3,(H,16,17,18). The number of carbonyl (C=O) groups excluding carboxylic acids is 1. The highest BCUT2D eigenvalue weighted by molar-refractivity contribution is 7.22. The average molecular weight is 290 g/mol. The molecule has 1 aliphatic rings. The number of rotatable bonds is 4. The lowest BCUT2D eigenvalue weighted by Gasteiger charge is -2.07. The summed E-state index contributed by atoms with van der Waals surface area (Å²) in [5.74, 6) is 0.0252. The van der Waals surface area contributed by atoms with Crippen molar-refractivity contribution in [3.8, 4) is 0 Å². The number of hydrogen-bond acceptors (Lipinski definition) is 4. The van der Waals surface area contributed by atoms with E-state index in [1.165, 1.54) is 11.3 Å². The number of fused-ring (bicyclic) bond motifs is 1. The van der Waals surface area contributed by atoms with Crippen LogP contribution in [0.1, 0.15) is 31.2 Å². The Morgan fingerprint density at radius 2 is 2.45 bits per heavy atom. The van der Waals surface area contributed by atoms with Crippen LogP contribution in [0.5, 0.6) is 0 Å². The molecule has 1 unspecified atom stereocenters. The second-order valence-electron chi connectivity index (χ2n) is 5.16. The Morgan fingerprint density at radius 1 is 1.55 bits per heavy atom. The zero-order valence-corrected chi connectivity index (χ0v) is 12.3. The molecule has 1 aromatic heterocycles. The zero-order valence-electron chi connectivity index (χ0n) is 11.5.